The summed E-state index contributed by atoms with van der Waals surface area (Å²) in [6.07, 6.45) is 0.500. The first-order valence-corrected chi connectivity index (χ1v) is 8.23. The zero-order chi connectivity index (χ0) is 18.4. The Hall–Kier alpha value is -2.45. The fourth-order valence-corrected chi connectivity index (χ4v) is 2.56. The average molecular weight is 348 g/mol. The summed E-state index contributed by atoms with van der Waals surface area (Å²) in [6.45, 7) is 3.11. The highest BCUT2D eigenvalue weighted by molar-refractivity contribution is 5.95. The smallest absolute Gasteiger partial charge is 0.335 e. The van der Waals surface area contributed by atoms with Crippen LogP contribution >= 0.6 is 0 Å². The van der Waals surface area contributed by atoms with E-state index in [2.05, 4.69) is 10.2 Å². The molecule has 1 atom stereocenters. The molecule has 2 amide bonds. The van der Waals surface area contributed by atoms with Gasteiger partial charge in [0.15, 0.2) is 0 Å². The molecule has 1 aromatic carbocycles. The van der Waals surface area contributed by atoms with Crippen molar-refractivity contribution < 1.29 is 19.5 Å². The van der Waals surface area contributed by atoms with E-state index in [0.717, 1.165) is 13.1 Å². The molecule has 1 heterocycles. The average Bonchev–Trinajstić information content (AvgIpc) is 2.60. The molecule has 1 aliphatic heterocycles. The van der Waals surface area contributed by atoms with Gasteiger partial charge >= 0.3 is 5.97 Å². The number of carboxylic acids is 1. The van der Waals surface area contributed by atoms with Gasteiger partial charge in [-0.2, -0.15) is 0 Å². The Kier molecular flexibility index (Phi) is 6.49. The quantitative estimate of drug-likeness (QED) is 0.676. The predicted molar refractivity (Wildman–Crippen MR) is 93.3 cm³/mol. The van der Waals surface area contributed by atoms with Crippen molar-refractivity contribution >= 4 is 23.5 Å². The van der Waals surface area contributed by atoms with Crippen LogP contribution in [-0.2, 0) is 9.59 Å². The lowest BCUT2D eigenvalue weighted by atomic mass is 10.1. The normalized spacial score (nSPS) is 16.3. The molecular formula is C17H24N4O4. The number of amides is 2. The fourth-order valence-electron chi connectivity index (χ4n) is 2.56. The lowest BCUT2D eigenvalue weighted by molar-refractivity contribution is -0.133. The van der Waals surface area contributed by atoms with E-state index in [1.165, 1.54) is 24.3 Å². The number of nitrogens with two attached hydrogens (primary N) is 1. The molecule has 8 heteroatoms. The summed E-state index contributed by atoms with van der Waals surface area (Å²) in [6, 6.07) is 5.02. The standard InChI is InChI=1S/C17H24N4O4/c1-20-8-10-21(11-9-20)15(22)7-6-14(18)16(23)19-13-4-2-12(3-5-13)17(24)25/h2-5,14H,6-11,18H2,1H3,(H,19,23)(H,24,25). The zero-order valence-corrected chi connectivity index (χ0v) is 14.3. The lowest BCUT2D eigenvalue weighted by Gasteiger charge is -2.32. The molecule has 1 aromatic rings. The zero-order valence-electron chi connectivity index (χ0n) is 14.3. The van der Waals surface area contributed by atoms with Crippen LogP contribution in [0, 0.1) is 0 Å². The van der Waals surface area contributed by atoms with Gasteiger partial charge in [0.25, 0.3) is 0 Å². The molecule has 25 heavy (non-hydrogen) atoms. The van der Waals surface area contributed by atoms with Crippen LogP contribution in [0.25, 0.3) is 0 Å². The summed E-state index contributed by atoms with van der Waals surface area (Å²) in [5, 5.41) is 11.5. The summed E-state index contributed by atoms with van der Waals surface area (Å²) in [5.74, 6) is -1.41. The highest BCUT2D eigenvalue weighted by Gasteiger charge is 2.21. The maximum absolute atomic E-state index is 12.2. The van der Waals surface area contributed by atoms with Crippen LogP contribution in [0.2, 0.25) is 0 Å². The number of carbonyl (C=O) groups excluding carboxylic acids is 2. The Morgan fingerprint density at radius 1 is 1.16 bits per heavy atom. The van der Waals surface area contributed by atoms with Gasteiger partial charge < -0.3 is 26.0 Å². The summed E-state index contributed by atoms with van der Waals surface area (Å²) in [7, 11) is 2.02. The van der Waals surface area contributed by atoms with Crippen LogP contribution < -0.4 is 11.1 Å². The molecule has 136 valence electrons. The Bertz CT molecular complexity index is 624. The van der Waals surface area contributed by atoms with Gasteiger partial charge in [-0.3, -0.25) is 9.59 Å². The van der Waals surface area contributed by atoms with Gasteiger partial charge in [0.1, 0.15) is 0 Å². The summed E-state index contributed by atoms with van der Waals surface area (Å²) in [4.78, 5) is 39.0. The number of aromatic carboxylic acids is 1. The number of carboxylic acid groups (broad SMARTS) is 1. The second-order valence-corrected chi connectivity index (χ2v) is 6.20. The van der Waals surface area contributed by atoms with Crippen LogP contribution in [0.1, 0.15) is 23.2 Å². The second-order valence-electron chi connectivity index (χ2n) is 6.20. The summed E-state index contributed by atoms with van der Waals surface area (Å²) >= 11 is 0. The van der Waals surface area contributed by atoms with E-state index >= 15 is 0 Å². The Morgan fingerprint density at radius 2 is 1.76 bits per heavy atom. The van der Waals surface area contributed by atoms with Crippen LogP contribution in [-0.4, -0.2) is 72.0 Å². The predicted octanol–water partition coefficient (Wildman–Crippen LogP) is 0.205. The van der Waals surface area contributed by atoms with E-state index in [1.54, 1.807) is 4.90 Å². The van der Waals surface area contributed by atoms with E-state index in [-0.39, 0.29) is 24.3 Å². The number of nitrogens with one attached hydrogen (secondary N) is 1. The van der Waals surface area contributed by atoms with Crippen LogP contribution in [0.15, 0.2) is 24.3 Å². The third-order valence-electron chi connectivity index (χ3n) is 4.26. The first-order chi connectivity index (χ1) is 11.9. The van der Waals surface area contributed by atoms with Crippen LogP contribution in [0.3, 0.4) is 0 Å². The fraction of sp³-hybridized carbons (Fsp3) is 0.471. The maximum Gasteiger partial charge on any atom is 0.335 e. The molecule has 0 radical (unpaired) electrons. The van der Waals surface area contributed by atoms with Gasteiger partial charge in [-0.15, -0.1) is 0 Å². The van der Waals surface area contributed by atoms with Crippen molar-refractivity contribution in [3.63, 3.8) is 0 Å². The highest BCUT2D eigenvalue weighted by atomic mass is 16.4. The molecule has 1 fully saturated rings. The molecule has 0 aliphatic carbocycles. The Balaban J connectivity index is 1.77. The van der Waals surface area contributed by atoms with Crippen LogP contribution in [0.4, 0.5) is 5.69 Å². The molecular weight excluding hydrogens is 324 g/mol. The minimum Gasteiger partial charge on any atom is -0.478 e. The topological polar surface area (TPSA) is 116 Å². The van der Waals surface area contributed by atoms with Gasteiger partial charge in [0, 0.05) is 38.3 Å². The Labute approximate surface area is 146 Å². The summed E-state index contributed by atoms with van der Waals surface area (Å²) < 4.78 is 0. The number of benzene rings is 1. The molecule has 1 aliphatic rings. The van der Waals surface area contributed by atoms with Gasteiger partial charge in [0.05, 0.1) is 11.6 Å². The molecule has 4 N–H and O–H groups in total. The number of anilines is 1. The van der Waals surface area contributed by atoms with Gasteiger partial charge in [0.2, 0.25) is 11.8 Å². The van der Waals surface area contributed by atoms with Gasteiger partial charge in [-0.05, 0) is 37.7 Å². The Morgan fingerprint density at radius 3 is 2.32 bits per heavy atom. The first kappa shape index (κ1) is 18.9. The maximum atomic E-state index is 12.2. The number of carbonyl (C=O) groups is 3. The van der Waals surface area contributed by atoms with Crippen molar-refractivity contribution in [2.75, 3.05) is 38.5 Å². The van der Waals surface area contributed by atoms with Crippen LogP contribution in [0.5, 0.6) is 0 Å². The van der Waals surface area contributed by atoms with Crippen molar-refractivity contribution in [3.05, 3.63) is 29.8 Å². The first-order valence-electron chi connectivity index (χ1n) is 8.23. The molecule has 8 nitrogen and oxygen atoms in total. The monoisotopic (exact) mass is 348 g/mol. The largest absolute Gasteiger partial charge is 0.478 e. The molecule has 1 saturated heterocycles. The van der Waals surface area contributed by atoms with E-state index < -0.39 is 17.9 Å². The number of nitrogens with zero attached hydrogens (tertiary/aromatic N) is 2. The van der Waals surface area contributed by atoms with Gasteiger partial charge in [-0.1, -0.05) is 0 Å². The number of hydrogen-bond acceptors (Lipinski definition) is 5. The molecule has 0 saturated carbocycles. The molecule has 0 bridgehead atoms. The minimum absolute atomic E-state index is 0.0159. The number of piperazine rings is 1. The summed E-state index contributed by atoms with van der Waals surface area (Å²) in [5.41, 5.74) is 6.47. The van der Waals surface area contributed by atoms with E-state index in [1.807, 2.05) is 7.05 Å². The molecule has 1 unspecified atom stereocenters. The molecule has 0 aromatic heterocycles. The van der Waals surface area contributed by atoms with E-state index in [4.69, 9.17) is 10.8 Å². The lowest BCUT2D eigenvalue weighted by Crippen LogP contribution is -2.47. The van der Waals surface area contributed by atoms with Crippen molar-refractivity contribution in [2.45, 2.75) is 18.9 Å². The number of hydrogen-bond donors (Lipinski definition) is 3. The highest BCUT2D eigenvalue weighted by Crippen LogP contribution is 2.11. The van der Waals surface area contributed by atoms with E-state index in [0.29, 0.717) is 18.8 Å². The van der Waals surface area contributed by atoms with Crippen molar-refractivity contribution in [3.8, 4) is 0 Å². The molecule has 0 spiro atoms. The van der Waals surface area contributed by atoms with Crippen molar-refractivity contribution in [2.24, 2.45) is 5.73 Å². The number of rotatable bonds is 6. The minimum atomic E-state index is -1.03. The second kappa shape index (κ2) is 8.59. The SMILES string of the molecule is CN1CCN(C(=O)CCC(N)C(=O)Nc2ccc(C(=O)O)cc2)CC1. The molecule has 2 rings (SSSR count). The third kappa shape index (κ3) is 5.54. The van der Waals surface area contributed by atoms with Crippen molar-refractivity contribution in [1.82, 2.24) is 9.80 Å². The van der Waals surface area contributed by atoms with E-state index in [9.17, 15) is 14.4 Å². The third-order valence-corrected chi connectivity index (χ3v) is 4.26. The number of likely N-dealkylation sites (N-methyl/N-ethyl adjacent to an activating group) is 1. The van der Waals surface area contributed by atoms with Gasteiger partial charge in [-0.25, -0.2) is 4.79 Å². The van der Waals surface area contributed by atoms with Crippen molar-refractivity contribution in [1.29, 1.82) is 0 Å².